The van der Waals surface area contributed by atoms with Gasteiger partial charge in [-0.15, -0.1) is 0 Å². The lowest BCUT2D eigenvalue weighted by atomic mass is 9.96. The molecule has 0 unspecified atom stereocenters. The predicted molar refractivity (Wildman–Crippen MR) is 59.2 cm³/mol. The molecule has 0 amide bonds. The van der Waals surface area contributed by atoms with E-state index >= 15 is 0 Å². The number of piperidine rings is 1. The van der Waals surface area contributed by atoms with Gasteiger partial charge in [-0.1, -0.05) is 6.42 Å². The summed E-state index contributed by atoms with van der Waals surface area (Å²) in [7, 11) is 0. The summed E-state index contributed by atoms with van der Waals surface area (Å²) in [5.74, 6) is -1.78. The minimum atomic E-state index is -1.78. The number of aliphatic hydroxyl groups is 4. The molecule has 0 spiro atoms. The van der Waals surface area contributed by atoms with Gasteiger partial charge in [-0.3, -0.25) is 4.90 Å². The fraction of sp³-hybridized carbons (Fsp3) is 1.00. The molecule has 2 aliphatic rings. The standard InChI is InChI=1S/C11H21NO5/c13-8-6-17-11(16,10(15)9(8)14)7-12-4-2-1-3-5-12/h8-10,13-16H,1-7H2/t8-,9-,10+,11-/m1/s1. The second-order valence-corrected chi connectivity index (χ2v) is 5.00. The maximum Gasteiger partial charge on any atom is 0.207 e. The van der Waals surface area contributed by atoms with Crippen LogP contribution in [0.25, 0.3) is 0 Å². The first-order chi connectivity index (χ1) is 8.03. The first-order valence-corrected chi connectivity index (χ1v) is 6.16. The lowest BCUT2D eigenvalue weighted by Gasteiger charge is -2.44. The molecule has 100 valence electrons. The van der Waals surface area contributed by atoms with Gasteiger partial charge < -0.3 is 25.2 Å². The Bertz CT molecular complexity index is 258. The Morgan fingerprint density at radius 2 is 1.76 bits per heavy atom. The molecule has 2 aliphatic heterocycles. The Morgan fingerprint density at radius 3 is 2.41 bits per heavy atom. The number of likely N-dealkylation sites (tertiary alicyclic amines) is 1. The van der Waals surface area contributed by atoms with Crippen LogP contribution in [-0.4, -0.2) is 75.7 Å². The first kappa shape index (κ1) is 13.2. The number of nitrogens with zero attached hydrogens (tertiary/aromatic N) is 1. The van der Waals surface area contributed by atoms with Crippen LogP contribution in [0.2, 0.25) is 0 Å². The Balaban J connectivity index is 1.97. The van der Waals surface area contributed by atoms with Gasteiger partial charge >= 0.3 is 0 Å². The minimum Gasteiger partial charge on any atom is -0.388 e. The Kier molecular flexibility index (Phi) is 4.02. The maximum absolute atomic E-state index is 10.2. The first-order valence-electron chi connectivity index (χ1n) is 6.16. The molecular formula is C11H21NO5. The van der Waals surface area contributed by atoms with E-state index < -0.39 is 24.1 Å². The van der Waals surface area contributed by atoms with Crippen LogP contribution in [0.15, 0.2) is 0 Å². The van der Waals surface area contributed by atoms with Crippen molar-refractivity contribution in [3.8, 4) is 0 Å². The number of hydrogen-bond donors (Lipinski definition) is 4. The average Bonchev–Trinajstić information content (AvgIpc) is 2.34. The largest absolute Gasteiger partial charge is 0.388 e. The quantitative estimate of drug-likeness (QED) is 0.463. The van der Waals surface area contributed by atoms with Crippen molar-refractivity contribution in [2.75, 3.05) is 26.2 Å². The Labute approximate surface area is 100 Å². The summed E-state index contributed by atoms with van der Waals surface area (Å²) in [6.45, 7) is 1.72. The SMILES string of the molecule is O[C@@H]1[C@H](O)CO[C@](O)(CN2CCCCC2)[C@H]1O. The number of aliphatic hydroxyl groups excluding tert-OH is 3. The molecule has 0 aromatic carbocycles. The maximum atomic E-state index is 10.2. The van der Waals surface area contributed by atoms with Crippen LogP contribution >= 0.6 is 0 Å². The van der Waals surface area contributed by atoms with E-state index in [4.69, 9.17) is 4.74 Å². The molecule has 2 saturated heterocycles. The molecule has 0 aliphatic carbocycles. The molecule has 2 fully saturated rings. The zero-order chi connectivity index (χ0) is 12.5. The highest BCUT2D eigenvalue weighted by atomic mass is 16.6. The van der Waals surface area contributed by atoms with E-state index in [1.54, 1.807) is 0 Å². The van der Waals surface area contributed by atoms with Crippen molar-refractivity contribution in [3.63, 3.8) is 0 Å². The molecule has 4 atom stereocenters. The third kappa shape index (κ3) is 2.78. The van der Waals surface area contributed by atoms with Crippen molar-refractivity contribution in [2.45, 2.75) is 43.4 Å². The van der Waals surface area contributed by atoms with Gasteiger partial charge in [-0.05, 0) is 25.9 Å². The minimum absolute atomic E-state index is 0.164. The van der Waals surface area contributed by atoms with Crippen molar-refractivity contribution in [3.05, 3.63) is 0 Å². The van der Waals surface area contributed by atoms with E-state index in [1.165, 1.54) is 6.42 Å². The van der Waals surface area contributed by atoms with Crippen LogP contribution < -0.4 is 0 Å². The zero-order valence-electron chi connectivity index (χ0n) is 9.83. The molecule has 6 nitrogen and oxygen atoms in total. The summed E-state index contributed by atoms with van der Waals surface area (Å²) >= 11 is 0. The normalized spacial score (nSPS) is 44.8. The lowest BCUT2D eigenvalue weighted by Crippen LogP contribution is -2.65. The summed E-state index contributed by atoms with van der Waals surface area (Å²) in [5, 5.41) is 38.9. The summed E-state index contributed by atoms with van der Waals surface area (Å²) in [5.41, 5.74) is 0. The van der Waals surface area contributed by atoms with Gasteiger partial charge in [0, 0.05) is 0 Å². The highest BCUT2D eigenvalue weighted by Gasteiger charge is 2.49. The van der Waals surface area contributed by atoms with Gasteiger partial charge in [-0.25, -0.2) is 0 Å². The number of rotatable bonds is 2. The molecule has 0 aromatic heterocycles. The molecular weight excluding hydrogens is 226 g/mol. The third-order valence-electron chi connectivity index (χ3n) is 3.58. The van der Waals surface area contributed by atoms with Gasteiger partial charge in [-0.2, -0.15) is 0 Å². The van der Waals surface area contributed by atoms with Gasteiger partial charge in [0.15, 0.2) is 0 Å². The molecule has 2 rings (SSSR count). The Morgan fingerprint density at radius 1 is 1.12 bits per heavy atom. The van der Waals surface area contributed by atoms with Gasteiger partial charge in [0.2, 0.25) is 5.79 Å². The van der Waals surface area contributed by atoms with Crippen molar-refractivity contribution in [2.24, 2.45) is 0 Å². The highest BCUT2D eigenvalue weighted by Crippen LogP contribution is 2.26. The molecule has 4 N–H and O–H groups in total. The second kappa shape index (κ2) is 5.17. The van der Waals surface area contributed by atoms with Crippen molar-refractivity contribution >= 4 is 0 Å². The molecule has 2 heterocycles. The summed E-state index contributed by atoms with van der Waals surface area (Å²) in [6.07, 6.45) is -0.674. The second-order valence-electron chi connectivity index (χ2n) is 5.00. The summed E-state index contributed by atoms with van der Waals surface area (Å²) in [6, 6.07) is 0. The molecule has 0 bridgehead atoms. The zero-order valence-corrected chi connectivity index (χ0v) is 9.83. The molecule has 6 heteroatoms. The number of hydrogen-bond acceptors (Lipinski definition) is 6. The topological polar surface area (TPSA) is 93.4 Å². The summed E-state index contributed by atoms with van der Waals surface area (Å²) < 4.78 is 5.12. The van der Waals surface area contributed by atoms with Crippen molar-refractivity contribution in [1.29, 1.82) is 0 Å². The lowest BCUT2D eigenvalue weighted by molar-refractivity contribution is -0.325. The van der Waals surface area contributed by atoms with E-state index in [2.05, 4.69) is 0 Å². The molecule has 0 radical (unpaired) electrons. The highest BCUT2D eigenvalue weighted by molar-refractivity contribution is 4.93. The number of ether oxygens (including phenoxy) is 1. The molecule has 0 saturated carbocycles. The van der Waals surface area contributed by atoms with Crippen LogP contribution in [-0.2, 0) is 4.74 Å². The van der Waals surface area contributed by atoms with Crippen LogP contribution in [0.3, 0.4) is 0 Å². The van der Waals surface area contributed by atoms with E-state index in [0.717, 1.165) is 25.9 Å². The van der Waals surface area contributed by atoms with E-state index in [0.29, 0.717) is 0 Å². The third-order valence-corrected chi connectivity index (χ3v) is 3.58. The van der Waals surface area contributed by atoms with Gasteiger partial charge in [0.1, 0.15) is 18.3 Å². The average molecular weight is 247 g/mol. The Hall–Kier alpha value is -0.240. The van der Waals surface area contributed by atoms with E-state index in [-0.39, 0.29) is 13.2 Å². The fourth-order valence-electron chi connectivity index (χ4n) is 2.47. The van der Waals surface area contributed by atoms with Crippen LogP contribution in [0.1, 0.15) is 19.3 Å². The van der Waals surface area contributed by atoms with Crippen molar-refractivity contribution in [1.82, 2.24) is 4.90 Å². The van der Waals surface area contributed by atoms with Gasteiger partial charge in [0.25, 0.3) is 0 Å². The molecule has 0 aromatic rings. The predicted octanol–water partition coefficient (Wildman–Crippen LogP) is -1.73. The smallest absolute Gasteiger partial charge is 0.207 e. The monoisotopic (exact) mass is 247 g/mol. The van der Waals surface area contributed by atoms with Crippen molar-refractivity contribution < 1.29 is 25.2 Å². The van der Waals surface area contributed by atoms with Gasteiger partial charge in [0.05, 0.1) is 13.2 Å². The number of β-amino-alcohol motifs (C(OH)–C–C–N with tert-alkyl or cyclic N) is 1. The van der Waals surface area contributed by atoms with Crippen LogP contribution in [0, 0.1) is 0 Å². The van der Waals surface area contributed by atoms with Crippen LogP contribution in [0.4, 0.5) is 0 Å². The van der Waals surface area contributed by atoms with Crippen LogP contribution in [0.5, 0.6) is 0 Å². The fourth-order valence-corrected chi connectivity index (χ4v) is 2.47. The van der Waals surface area contributed by atoms with E-state index in [9.17, 15) is 20.4 Å². The summed E-state index contributed by atoms with van der Waals surface area (Å²) in [4.78, 5) is 2.01. The van der Waals surface area contributed by atoms with E-state index in [1.807, 2.05) is 4.90 Å². The molecule has 17 heavy (non-hydrogen) atoms.